The fraction of sp³-hybridized carbons (Fsp3) is 0.379. The molecule has 1 aliphatic rings. The van der Waals surface area contributed by atoms with Crippen LogP contribution in [0.4, 0.5) is 11.6 Å². The number of fused-ring (bicyclic) bond motifs is 7. The van der Waals surface area contributed by atoms with E-state index < -0.39 is 0 Å². The molecule has 0 spiro atoms. The second-order valence-corrected chi connectivity index (χ2v) is 8.58. The van der Waals surface area contributed by atoms with Crippen LogP contribution in [0.15, 0.2) is 60.8 Å². The topological polar surface area (TPSA) is 78.0 Å². The Morgan fingerprint density at radius 2 is 1.89 bits per heavy atom. The highest BCUT2D eigenvalue weighted by atomic mass is 16.5. The number of methoxy groups -OCH3 is 1. The molecule has 2 aromatic carbocycles. The standard InChI is InChI=1S/C29H36N4O4/c1-4-33(5-2)15-18-37-26-12-10-24-19-23(26)21-35-16-7-6-8-17-36-28-20-22(9-11-27(28)34-3)25-13-14-30-29(31-24)32-25/h6-7,9-14,19-20H,4-5,8,15-18,21H2,1-3H3,(H,30,31,32). The van der Waals surface area contributed by atoms with Gasteiger partial charge in [-0.05, 0) is 62.0 Å². The molecular formula is C29H36N4O4. The average molecular weight is 505 g/mol. The minimum atomic E-state index is 0.430. The van der Waals surface area contributed by atoms with Gasteiger partial charge in [-0.25, -0.2) is 9.97 Å². The first kappa shape index (κ1) is 26.4. The predicted octanol–water partition coefficient (Wildman–Crippen LogP) is 5.47. The number of ether oxygens (including phenoxy) is 4. The first-order chi connectivity index (χ1) is 18.2. The fourth-order valence-corrected chi connectivity index (χ4v) is 4.05. The van der Waals surface area contributed by atoms with Crippen LogP contribution in [-0.2, 0) is 11.3 Å². The largest absolute Gasteiger partial charge is 0.493 e. The number of hydrogen-bond acceptors (Lipinski definition) is 8. The molecular weight excluding hydrogens is 468 g/mol. The zero-order valence-corrected chi connectivity index (χ0v) is 21.9. The molecule has 0 aliphatic carbocycles. The van der Waals surface area contributed by atoms with Crippen LogP contribution >= 0.6 is 0 Å². The second kappa shape index (κ2) is 13.6. The van der Waals surface area contributed by atoms with E-state index in [9.17, 15) is 0 Å². The van der Waals surface area contributed by atoms with E-state index in [-0.39, 0.29) is 0 Å². The van der Waals surface area contributed by atoms with Gasteiger partial charge in [0, 0.05) is 29.6 Å². The lowest BCUT2D eigenvalue weighted by Crippen LogP contribution is -2.28. The molecule has 4 rings (SSSR count). The van der Waals surface area contributed by atoms with Crippen molar-refractivity contribution in [1.29, 1.82) is 0 Å². The lowest BCUT2D eigenvalue weighted by molar-refractivity contribution is 0.143. The third-order valence-corrected chi connectivity index (χ3v) is 6.17. The quantitative estimate of drug-likeness (QED) is 0.425. The van der Waals surface area contributed by atoms with Crippen LogP contribution in [0.5, 0.6) is 17.2 Å². The highest BCUT2D eigenvalue weighted by Crippen LogP contribution is 2.33. The summed E-state index contributed by atoms with van der Waals surface area (Å²) in [6, 6.07) is 13.7. The first-order valence-electron chi connectivity index (χ1n) is 12.8. The van der Waals surface area contributed by atoms with Crippen molar-refractivity contribution < 1.29 is 18.9 Å². The fourth-order valence-electron chi connectivity index (χ4n) is 4.05. The summed E-state index contributed by atoms with van der Waals surface area (Å²) < 4.78 is 23.6. The van der Waals surface area contributed by atoms with Crippen molar-refractivity contribution >= 4 is 11.6 Å². The summed E-state index contributed by atoms with van der Waals surface area (Å²) in [5, 5.41) is 3.33. The van der Waals surface area contributed by atoms with E-state index in [0.717, 1.165) is 54.3 Å². The zero-order chi connectivity index (χ0) is 25.9. The Morgan fingerprint density at radius 3 is 2.73 bits per heavy atom. The van der Waals surface area contributed by atoms with Gasteiger partial charge in [-0.3, -0.25) is 0 Å². The molecule has 2 heterocycles. The molecule has 6 bridgehead atoms. The molecule has 37 heavy (non-hydrogen) atoms. The molecule has 0 saturated heterocycles. The Hall–Kier alpha value is -3.62. The summed E-state index contributed by atoms with van der Waals surface area (Å²) in [4.78, 5) is 11.5. The van der Waals surface area contributed by atoms with Crippen LogP contribution in [0.2, 0.25) is 0 Å². The third-order valence-electron chi connectivity index (χ3n) is 6.17. The lowest BCUT2D eigenvalue weighted by atomic mass is 10.1. The minimum Gasteiger partial charge on any atom is -0.493 e. The van der Waals surface area contributed by atoms with E-state index in [1.165, 1.54) is 0 Å². The zero-order valence-electron chi connectivity index (χ0n) is 21.9. The molecule has 0 atom stereocenters. The SMILES string of the molecule is CCN(CC)CCOc1ccc2cc1COCC=CCCOc1cc(ccc1OC)-c1ccnc(n1)N2. The maximum atomic E-state index is 6.15. The molecule has 0 radical (unpaired) electrons. The van der Waals surface area contributed by atoms with Crippen molar-refractivity contribution in [2.24, 2.45) is 0 Å². The van der Waals surface area contributed by atoms with Gasteiger partial charge in [-0.15, -0.1) is 0 Å². The Morgan fingerprint density at radius 1 is 1.03 bits per heavy atom. The van der Waals surface area contributed by atoms with Gasteiger partial charge in [0.05, 0.1) is 32.6 Å². The van der Waals surface area contributed by atoms with Crippen molar-refractivity contribution in [2.45, 2.75) is 26.9 Å². The van der Waals surface area contributed by atoms with Gasteiger partial charge in [0.2, 0.25) is 5.95 Å². The number of anilines is 2. The number of aromatic nitrogens is 2. The molecule has 8 heteroatoms. The van der Waals surface area contributed by atoms with Crippen molar-refractivity contribution in [1.82, 2.24) is 14.9 Å². The average Bonchev–Trinajstić information content (AvgIpc) is 2.93. The second-order valence-electron chi connectivity index (χ2n) is 8.58. The third kappa shape index (κ3) is 7.44. The van der Waals surface area contributed by atoms with E-state index >= 15 is 0 Å². The van der Waals surface area contributed by atoms with Crippen LogP contribution < -0.4 is 19.5 Å². The van der Waals surface area contributed by atoms with Gasteiger partial charge >= 0.3 is 0 Å². The molecule has 1 aromatic heterocycles. The van der Waals surface area contributed by atoms with E-state index in [2.05, 4.69) is 35.1 Å². The summed E-state index contributed by atoms with van der Waals surface area (Å²) in [7, 11) is 1.64. The lowest BCUT2D eigenvalue weighted by Gasteiger charge is -2.19. The Kier molecular flexibility index (Phi) is 9.74. The van der Waals surface area contributed by atoms with Crippen LogP contribution in [0, 0.1) is 0 Å². The Balaban J connectivity index is 1.60. The highest BCUT2D eigenvalue weighted by molar-refractivity contribution is 5.66. The summed E-state index contributed by atoms with van der Waals surface area (Å²) in [6.45, 7) is 9.30. The van der Waals surface area contributed by atoms with Crippen molar-refractivity contribution in [3.63, 3.8) is 0 Å². The van der Waals surface area contributed by atoms with Gasteiger partial charge in [0.15, 0.2) is 11.5 Å². The van der Waals surface area contributed by atoms with E-state index in [1.54, 1.807) is 13.3 Å². The smallest absolute Gasteiger partial charge is 0.227 e. The molecule has 0 saturated carbocycles. The van der Waals surface area contributed by atoms with Gasteiger partial charge in [0.1, 0.15) is 12.4 Å². The van der Waals surface area contributed by atoms with Gasteiger partial charge in [0.25, 0.3) is 0 Å². The minimum absolute atomic E-state index is 0.430. The monoisotopic (exact) mass is 504 g/mol. The van der Waals surface area contributed by atoms with Crippen LogP contribution in [0.1, 0.15) is 25.8 Å². The number of rotatable bonds is 7. The number of likely N-dealkylation sites (N-methyl/N-ethyl adjacent to an activating group) is 1. The van der Waals surface area contributed by atoms with Gasteiger partial charge < -0.3 is 29.2 Å². The van der Waals surface area contributed by atoms with Crippen molar-refractivity contribution in [3.8, 4) is 28.5 Å². The van der Waals surface area contributed by atoms with Crippen LogP contribution in [0.3, 0.4) is 0 Å². The first-order valence-corrected chi connectivity index (χ1v) is 12.8. The normalized spacial score (nSPS) is 13.7. The molecule has 1 N–H and O–H groups in total. The predicted molar refractivity (Wildman–Crippen MR) is 146 cm³/mol. The molecule has 1 aliphatic heterocycles. The number of nitrogens with one attached hydrogen (secondary N) is 1. The highest BCUT2D eigenvalue weighted by Gasteiger charge is 2.11. The molecule has 8 nitrogen and oxygen atoms in total. The summed E-state index contributed by atoms with van der Waals surface area (Å²) in [6.07, 6.45) is 6.58. The maximum Gasteiger partial charge on any atom is 0.227 e. The number of nitrogens with zero attached hydrogens (tertiary/aromatic N) is 3. The molecule has 3 aromatic rings. The molecule has 196 valence electrons. The van der Waals surface area contributed by atoms with Gasteiger partial charge in [-0.1, -0.05) is 26.0 Å². The van der Waals surface area contributed by atoms with Crippen LogP contribution in [-0.4, -0.2) is 61.4 Å². The molecule has 0 amide bonds. The molecule has 0 unspecified atom stereocenters. The maximum absolute atomic E-state index is 6.15. The van der Waals surface area contributed by atoms with E-state index in [0.29, 0.717) is 43.9 Å². The number of benzene rings is 2. The number of hydrogen-bond donors (Lipinski definition) is 1. The van der Waals surface area contributed by atoms with E-state index in [1.807, 2.05) is 48.5 Å². The summed E-state index contributed by atoms with van der Waals surface area (Å²) >= 11 is 0. The van der Waals surface area contributed by atoms with Crippen molar-refractivity contribution in [3.05, 3.63) is 66.4 Å². The van der Waals surface area contributed by atoms with E-state index in [4.69, 9.17) is 23.9 Å². The summed E-state index contributed by atoms with van der Waals surface area (Å²) in [5.74, 6) is 2.69. The van der Waals surface area contributed by atoms with Crippen molar-refractivity contribution in [2.75, 3.05) is 51.9 Å². The van der Waals surface area contributed by atoms with Crippen LogP contribution in [0.25, 0.3) is 11.3 Å². The Bertz CT molecular complexity index is 1180. The summed E-state index contributed by atoms with van der Waals surface area (Å²) in [5.41, 5.74) is 3.54. The molecule has 0 fully saturated rings. The Labute approximate surface area is 219 Å². The van der Waals surface area contributed by atoms with Gasteiger partial charge in [-0.2, -0.15) is 0 Å².